The van der Waals surface area contributed by atoms with Gasteiger partial charge in [0, 0.05) is 24.7 Å². The van der Waals surface area contributed by atoms with Crippen LogP contribution in [0.15, 0.2) is 66.2 Å². The number of phenols is 1. The van der Waals surface area contributed by atoms with Gasteiger partial charge in [0.2, 0.25) is 23.6 Å². The monoisotopic (exact) mass is 733 g/mol. The number of phenolic OH excluding ortho intramolecular Hbond substituents is 1. The van der Waals surface area contributed by atoms with E-state index in [9.17, 15) is 28.7 Å². The number of methoxy groups -OCH3 is 1. The lowest BCUT2D eigenvalue weighted by atomic mass is 9.51. The van der Waals surface area contributed by atoms with E-state index in [-0.39, 0.29) is 51.9 Å². The van der Waals surface area contributed by atoms with Crippen molar-refractivity contribution < 1.29 is 38.1 Å². The van der Waals surface area contributed by atoms with Crippen LogP contribution in [0, 0.1) is 34.9 Å². The van der Waals surface area contributed by atoms with Crippen molar-refractivity contribution in [2.24, 2.45) is 29.1 Å². The van der Waals surface area contributed by atoms with Crippen LogP contribution < -0.4 is 19.4 Å². The van der Waals surface area contributed by atoms with E-state index in [2.05, 4.69) is 4.90 Å². The third-order valence-electron chi connectivity index (χ3n) is 11.5. The molecule has 264 valence electrons. The average molecular weight is 735 g/mol. The van der Waals surface area contributed by atoms with Gasteiger partial charge in [-0.1, -0.05) is 34.9 Å². The van der Waals surface area contributed by atoms with Crippen molar-refractivity contribution in [1.29, 1.82) is 0 Å². The summed E-state index contributed by atoms with van der Waals surface area (Å²) in [6.45, 7) is 4.45. The molecule has 6 atom stereocenters. The zero-order valence-corrected chi connectivity index (χ0v) is 29.3. The number of benzene rings is 3. The number of morpholine rings is 1. The predicted molar refractivity (Wildman–Crippen MR) is 188 cm³/mol. The van der Waals surface area contributed by atoms with Gasteiger partial charge in [0.05, 0.1) is 64.9 Å². The van der Waals surface area contributed by atoms with Gasteiger partial charge in [0.1, 0.15) is 5.82 Å². The van der Waals surface area contributed by atoms with Gasteiger partial charge in [0.15, 0.2) is 11.5 Å². The van der Waals surface area contributed by atoms with Gasteiger partial charge >= 0.3 is 0 Å². The molecule has 3 heterocycles. The van der Waals surface area contributed by atoms with Crippen LogP contribution in [0.5, 0.6) is 11.5 Å². The Labute approximate surface area is 303 Å². The minimum Gasteiger partial charge on any atom is -0.503 e. The summed E-state index contributed by atoms with van der Waals surface area (Å²) in [7, 11) is 1.38. The van der Waals surface area contributed by atoms with Crippen LogP contribution >= 0.6 is 23.2 Å². The van der Waals surface area contributed by atoms with E-state index in [0.717, 1.165) is 35.3 Å². The second-order valence-electron chi connectivity index (χ2n) is 13.9. The second-order valence-corrected chi connectivity index (χ2v) is 14.8. The predicted octanol–water partition coefficient (Wildman–Crippen LogP) is 6.12. The summed E-state index contributed by atoms with van der Waals surface area (Å²) in [5.41, 5.74) is 1.42. The molecule has 3 aliphatic heterocycles. The quantitative estimate of drug-likeness (QED) is 0.247. The van der Waals surface area contributed by atoms with Gasteiger partial charge in [-0.3, -0.25) is 24.1 Å². The summed E-state index contributed by atoms with van der Waals surface area (Å²) in [5.74, 6) is -6.35. The Morgan fingerprint density at radius 3 is 2.24 bits per heavy atom. The van der Waals surface area contributed by atoms with E-state index >= 15 is 0 Å². The smallest absolute Gasteiger partial charge is 0.241 e. The van der Waals surface area contributed by atoms with Crippen molar-refractivity contribution in [1.82, 2.24) is 0 Å². The van der Waals surface area contributed by atoms with Crippen LogP contribution in [0.1, 0.15) is 31.2 Å². The molecular formula is C38H34Cl2FN3O7. The lowest BCUT2D eigenvalue weighted by Gasteiger charge is -2.49. The summed E-state index contributed by atoms with van der Waals surface area (Å²) >= 11 is 12.6. The first-order valence-electron chi connectivity index (χ1n) is 16.9. The third kappa shape index (κ3) is 4.99. The fraction of sp³-hybridized carbons (Fsp3) is 0.368. The minimum atomic E-state index is -1.39. The molecule has 5 aliphatic rings. The van der Waals surface area contributed by atoms with Crippen molar-refractivity contribution in [2.75, 3.05) is 48.1 Å². The molecule has 4 fully saturated rings. The molecule has 0 aromatic heterocycles. The fourth-order valence-electron chi connectivity index (χ4n) is 9.07. The molecule has 3 aromatic carbocycles. The Kier molecular flexibility index (Phi) is 8.16. The third-order valence-corrected chi connectivity index (χ3v) is 12.1. The first-order valence-corrected chi connectivity index (χ1v) is 17.6. The lowest BCUT2D eigenvalue weighted by Crippen LogP contribution is -2.48. The molecule has 4 amide bonds. The minimum absolute atomic E-state index is 0.0151. The molecule has 10 nitrogen and oxygen atoms in total. The number of carbonyl (C=O) groups excluding carboxylic acids is 4. The lowest BCUT2D eigenvalue weighted by molar-refractivity contribution is -0.131. The Morgan fingerprint density at radius 1 is 0.863 bits per heavy atom. The molecular weight excluding hydrogens is 700 g/mol. The summed E-state index contributed by atoms with van der Waals surface area (Å²) in [5, 5.41) is 10.4. The molecule has 2 aliphatic carbocycles. The van der Waals surface area contributed by atoms with E-state index < -0.39 is 52.6 Å². The highest BCUT2D eigenvalue weighted by Gasteiger charge is 2.67. The van der Waals surface area contributed by atoms with Crippen LogP contribution in [-0.4, -0.2) is 62.1 Å². The van der Waals surface area contributed by atoms with Crippen LogP contribution in [0.2, 0.25) is 10.0 Å². The van der Waals surface area contributed by atoms with Crippen LogP contribution in [0.25, 0.3) is 0 Å². The standard InChI is InChI=1S/C38H34Cl2FN3O7/c1-38-26(35(47)44(37(38)49)22-7-10-29(41)27(39)17-22)18-25-23(32(38)19-15-28(40)33(45)30(16-19)50-2)8-9-24-31(25)36(48)43(34(24)46)21-5-3-20(4-6-21)42-11-13-51-14-12-42/h3-8,10,15-17,24-26,31-32,45H,9,11-14,18H2,1-2H3. The van der Waals surface area contributed by atoms with Crippen LogP contribution in [0.3, 0.4) is 0 Å². The Morgan fingerprint density at radius 2 is 1.55 bits per heavy atom. The molecule has 1 saturated carbocycles. The highest BCUT2D eigenvalue weighted by molar-refractivity contribution is 6.32. The maximum atomic E-state index is 14.6. The van der Waals surface area contributed by atoms with Crippen molar-refractivity contribution in [2.45, 2.75) is 25.7 Å². The van der Waals surface area contributed by atoms with E-state index in [0.29, 0.717) is 24.5 Å². The zero-order chi connectivity index (χ0) is 35.9. The summed E-state index contributed by atoms with van der Waals surface area (Å²) in [6, 6.07) is 14.2. The van der Waals surface area contributed by atoms with Crippen molar-refractivity contribution in [3.05, 3.63) is 87.7 Å². The summed E-state index contributed by atoms with van der Waals surface area (Å²) in [6.07, 6.45) is 2.31. The molecule has 3 saturated heterocycles. The van der Waals surface area contributed by atoms with Crippen LogP contribution in [-0.2, 0) is 23.9 Å². The Bertz CT molecular complexity index is 2030. The van der Waals surface area contributed by atoms with Gasteiger partial charge in [-0.25, -0.2) is 9.29 Å². The number of amides is 4. The number of fused-ring (bicyclic) bond motifs is 4. The molecule has 13 heteroatoms. The van der Waals surface area contributed by atoms with Gasteiger partial charge in [-0.05, 0) is 85.8 Å². The molecule has 6 unspecified atom stereocenters. The molecule has 0 spiro atoms. The number of ether oxygens (including phenoxy) is 2. The van der Waals surface area contributed by atoms with Crippen LogP contribution in [0.4, 0.5) is 21.5 Å². The molecule has 1 N–H and O–H groups in total. The molecule has 3 aromatic rings. The number of allylic oxidation sites excluding steroid dienone is 2. The van der Waals surface area contributed by atoms with Crippen molar-refractivity contribution in [3.63, 3.8) is 0 Å². The van der Waals surface area contributed by atoms with Gasteiger partial charge in [-0.15, -0.1) is 0 Å². The maximum absolute atomic E-state index is 14.6. The maximum Gasteiger partial charge on any atom is 0.241 e. The summed E-state index contributed by atoms with van der Waals surface area (Å²) < 4.78 is 25.1. The van der Waals surface area contributed by atoms with E-state index in [1.54, 1.807) is 31.2 Å². The highest BCUT2D eigenvalue weighted by atomic mass is 35.5. The number of rotatable bonds is 5. The zero-order valence-electron chi connectivity index (χ0n) is 27.8. The molecule has 8 rings (SSSR count). The number of halogens is 3. The van der Waals surface area contributed by atoms with E-state index in [1.165, 1.54) is 24.1 Å². The number of carbonyl (C=O) groups is 4. The van der Waals surface area contributed by atoms with Crippen molar-refractivity contribution in [3.8, 4) is 11.5 Å². The first kappa shape index (κ1) is 33.7. The van der Waals surface area contributed by atoms with Crippen molar-refractivity contribution >= 4 is 63.9 Å². The number of hydrogen-bond acceptors (Lipinski definition) is 8. The van der Waals surface area contributed by atoms with E-state index in [4.69, 9.17) is 32.7 Å². The number of nitrogens with zero attached hydrogens (tertiary/aromatic N) is 3. The number of anilines is 3. The topological polar surface area (TPSA) is 117 Å². The normalized spacial score (nSPS) is 28.8. The SMILES string of the molecule is COc1cc(C2C3=CCC4C(=O)N(c5ccc(N6CCOCC6)cc5)C(=O)C4C3CC3C(=O)N(c4ccc(F)c(Cl)c4)C(=O)C32C)cc(Cl)c1O. The van der Waals surface area contributed by atoms with E-state index in [1.807, 2.05) is 18.2 Å². The number of aromatic hydroxyl groups is 1. The Balaban J connectivity index is 1.21. The molecule has 0 bridgehead atoms. The molecule has 0 radical (unpaired) electrons. The molecule has 51 heavy (non-hydrogen) atoms. The van der Waals surface area contributed by atoms with Gasteiger partial charge in [0.25, 0.3) is 0 Å². The average Bonchev–Trinajstić information content (AvgIpc) is 3.50. The van der Waals surface area contributed by atoms with Gasteiger partial charge < -0.3 is 19.5 Å². The fourth-order valence-corrected chi connectivity index (χ4v) is 9.46. The number of hydrogen-bond donors (Lipinski definition) is 1. The second kappa shape index (κ2) is 12.4. The first-order chi connectivity index (χ1) is 24.4. The largest absolute Gasteiger partial charge is 0.503 e. The number of imide groups is 2. The van der Waals surface area contributed by atoms with Gasteiger partial charge in [-0.2, -0.15) is 0 Å². The summed E-state index contributed by atoms with van der Waals surface area (Å²) in [4.78, 5) is 62.1. The highest BCUT2D eigenvalue weighted by Crippen LogP contribution is 2.64. The Hall–Kier alpha value is -4.45.